The van der Waals surface area contributed by atoms with Gasteiger partial charge in [-0.15, -0.1) is 0 Å². The van der Waals surface area contributed by atoms with Gasteiger partial charge in [0.2, 0.25) is 11.9 Å². The molecule has 84 valence electrons. The zero-order valence-corrected chi connectivity index (χ0v) is 7.45. The molecule has 15 heavy (non-hydrogen) atoms. The van der Waals surface area contributed by atoms with Gasteiger partial charge in [-0.05, 0) is 0 Å². The monoisotopic (exact) mass is 223 g/mol. The zero-order valence-electron chi connectivity index (χ0n) is 7.45. The quantitative estimate of drug-likeness (QED) is 0.754. The molecule has 0 spiro atoms. The minimum Gasteiger partial charge on any atom is -0.368 e. The summed E-state index contributed by atoms with van der Waals surface area (Å²) < 4.78 is 39.4. The third kappa shape index (κ3) is 4.40. The number of hydrogen-bond donors (Lipinski definition) is 2. The number of ether oxygens (including phenoxy) is 1. The summed E-state index contributed by atoms with van der Waals surface area (Å²) in [5.41, 5.74) is 10.4. The first kappa shape index (κ1) is 11.4. The van der Waals surface area contributed by atoms with E-state index in [0.29, 0.717) is 0 Å². The maximum atomic E-state index is 11.7. The molecule has 0 saturated carbocycles. The van der Waals surface area contributed by atoms with Gasteiger partial charge in [0.05, 0.1) is 0 Å². The number of anilines is 2. The highest BCUT2D eigenvalue weighted by atomic mass is 19.4. The lowest BCUT2D eigenvalue weighted by molar-refractivity contribution is -0.177. The van der Waals surface area contributed by atoms with Crippen molar-refractivity contribution in [3.63, 3.8) is 0 Å². The van der Waals surface area contributed by atoms with Gasteiger partial charge in [-0.1, -0.05) is 0 Å². The molecule has 0 fully saturated rings. The molecule has 0 bridgehead atoms. The van der Waals surface area contributed by atoms with Crippen LogP contribution < -0.4 is 11.5 Å². The van der Waals surface area contributed by atoms with E-state index in [9.17, 15) is 13.2 Å². The van der Waals surface area contributed by atoms with Gasteiger partial charge in [0, 0.05) is 0 Å². The smallest absolute Gasteiger partial charge is 0.368 e. The van der Waals surface area contributed by atoms with Gasteiger partial charge in [0.1, 0.15) is 13.2 Å². The van der Waals surface area contributed by atoms with E-state index in [4.69, 9.17) is 11.5 Å². The van der Waals surface area contributed by atoms with Crippen LogP contribution in [0.4, 0.5) is 25.1 Å². The molecule has 9 heteroatoms. The summed E-state index contributed by atoms with van der Waals surface area (Å²) in [4.78, 5) is 10.5. The zero-order chi connectivity index (χ0) is 11.5. The molecule has 0 radical (unpaired) electrons. The van der Waals surface area contributed by atoms with E-state index in [1.807, 2.05) is 0 Å². The molecule has 0 aliphatic heterocycles. The van der Waals surface area contributed by atoms with Crippen molar-refractivity contribution in [2.75, 3.05) is 18.1 Å². The van der Waals surface area contributed by atoms with Crippen LogP contribution in [0.15, 0.2) is 0 Å². The summed E-state index contributed by atoms with van der Waals surface area (Å²) in [7, 11) is 0. The van der Waals surface area contributed by atoms with E-state index < -0.39 is 19.4 Å². The van der Waals surface area contributed by atoms with E-state index in [1.165, 1.54) is 0 Å². The highest BCUT2D eigenvalue weighted by molar-refractivity contribution is 5.25. The van der Waals surface area contributed by atoms with Crippen LogP contribution in [0.3, 0.4) is 0 Å². The summed E-state index contributed by atoms with van der Waals surface area (Å²) in [6.45, 7) is -1.80. The molecule has 4 N–H and O–H groups in total. The fraction of sp³-hybridized carbons (Fsp3) is 0.500. The van der Waals surface area contributed by atoms with Crippen LogP contribution in [0.25, 0.3) is 0 Å². The fourth-order valence-corrected chi connectivity index (χ4v) is 0.779. The Labute approximate surface area is 82.5 Å². The summed E-state index contributed by atoms with van der Waals surface area (Å²) >= 11 is 0. The molecule has 0 atom stereocenters. The number of nitrogen functional groups attached to an aromatic ring is 2. The number of aromatic nitrogens is 3. The SMILES string of the molecule is Nc1nc(N)nc(COCC(F)(F)F)n1. The largest absolute Gasteiger partial charge is 0.411 e. The number of nitrogens with zero attached hydrogens (tertiary/aromatic N) is 3. The molecule has 1 aromatic heterocycles. The summed E-state index contributed by atoms with van der Waals surface area (Å²) in [6, 6.07) is 0. The Morgan fingerprint density at radius 2 is 1.60 bits per heavy atom. The molecule has 0 amide bonds. The lowest BCUT2D eigenvalue weighted by Crippen LogP contribution is -2.17. The van der Waals surface area contributed by atoms with Gasteiger partial charge in [0.15, 0.2) is 5.82 Å². The average Bonchev–Trinajstić information content (AvgIpc) is 1.99. The second kappa shape index (κ2) is 4.26. The van der Waals surface area contributed by atoms with Gasteiger partial charge in [-0.2, -0.15) is 28.1 Å². The molecule has 6 nitrogen and oxygen atoms in total. The number of hydrogen-bond acceptors (Lipinski definition) is 6. The second-order valence-corrected chi connectivity index (χ2v) is 2.58. The molecular weight excluding hydrogens is 215 g/mol. The van der Waals surface area contributed by atoms with Crippen molar-refractivity contribution >= 4 is 11.9 Å². The number of alkyl halides is 3. The highest BCUT2D eigenvalue weighted by Gasteiger charge is 2.27. The predicted octanol–water partition coefficient (Wildman–Crippen LogP) is 0.115. The molecule has 1 heterocycles. The van der Waals surface area contributed by atoms with E-state index in [0.717, 1.165) is 0 Å². The van der Waals surface area contributed by atoms with Crippen molar-refractivity contribution in [2.24, 2.45) is 0 Å². The molecule has 1 aromatic rings. The lowest BCUT2D eigenvalue weighted by atomic mass is 10.6. The average molecular weight is 223 g/mol. The van der Waals surface area contributed by atoms with Gasteiger partial charge in [-0.25, -0.2) is 0 Å². The Morgan fingerprint density at radius 3 is 2.07 bits per heavy atom. The van der Waals surface area contributed by atoms with E-state index in [-0.39, 0.29) is 17.7 Å². The van der Waals surface area contributed by atoms with Crippen LogP contribution in [0, 0.1) is 0 Å². The Balaban J connectivity index is 2.51. The van der Waals surface area contributed by atoms with Crippen LogP contribution in [0.5, 0.6) is 0 Å². The number of nitrogens with two attached hydrogens (primary N) is 2. The Bertz CT molecular complexity index is 322. The fourth-order valence-electron chi connectivity index (χ4n) is 0.779. The summed E-state index contributed by atoms with van der Waals surface area (Å²) in [5.74, 6) is -0.356. The Hall–Kier alpha value is -1.64. The number of halogens is 3. The van der Waals surface area contributed by atoms with Crippen LogP contribution >= 0.6 is 0 Å². The van der Waals surface area contributed by atoms with E-state index in [2.05, 4.69) is 19.7 Å². The van der Waals surface area contributed by atoms with E-state index >= 15 is 0 Å². The van der Waals surface area contributed by atoms with Gasteiger partial charge < -0.3 is 16.2 Å². The third-order valence-electron chi connectivity index (χ3n) is 1.21. The van der Waals surface area contributed by atoms with Crippen molar-refractivity contribution < 1.29 is 17.9 Å². The van der Waals surface area contributed by atoms with Crippen molar-refractivity contribution in [3.05, 3.63) is 5.82 Å². The van der Waals surface area contributed by atoms with Crippen molar-refractivity contribution in [2.45, 2.75) is 12.8 Å². The molecule has 0 saturated heterocycles. The summed E-state index contributed by atoms with van der Waals surface area (Å²) in [5, 5.41) is 0. The molecular formula is C6H8F3N5O. The van der Waals surface area contributed by atoms with Crippen LogP contribution in [-0.2, 0) is 11.3 Å². The molecule has 0 aliphatic rings. The first-order chi connectivity index (χ1) is 6.87. The lowest BCUT2D eigenvalue weighted by Gasteiger charge is -2.06. The minimum atomic E-state index is -4.38. The van der Waals surface area contributed by atoms with Crippen molar-refractivity contribution in [1.82, 2.24) is 15.0 Å². The Kier molecular flexibility index (Phi) is 3.24. The molecule has 0 aromatic carbocycles. The first-order valence-corrected chi connectivity index (χ1v) is 3.77. The molecule has 0 aliphatic carbocycles. The van der Waals surface area contributed by atoms with Crippen LogP contribution in [-0.4, -0.2) is 27.7 Å². The number of rotatable bonds is 3. The maximum Gasteiger partial charge on any atom is 0.411 e. The third-order valence-corrected chi connectivity index (χ3v) is 1.21. The topological polar surface area (TPSA) is 99.9 Å². The van der Waals surface area contributed by atoms with Gasteiger partial charge in [0.25, 0.3) is 0 Å². The standard InChI is InChI=1S/C6H8F3N5O/c7-6(8,9)2-15-1-3-12-4(10)14-5(11)13-3/h1-2H2,(H4,10,11,12,13,14). The highest BCUT2D eigenvalue weighted by Crippen LogP contribution is 2.15. The normalized spacial score (nSPS) is 11.7. The Morgan fingerprint density at radius 1 is 1.07 bits per heavy atom. The molecule has 1 rings (SSSR count). The van der Waals surface area contributed by atoms with Crippen LogP contribution in [0.1, 0.15) is 5.82 Å². The van der Waals surface area contributed by atoms with Gasteiger partial charge in [-0.3, -0.25) is 0 Å². The van der Waals surface area contributed by atoms with E-state index in [1.54, 1.807) is 0 Å². The molecule has 0 unspecified atom stereocenters. The van der Waals surface area contributed by atoms with Gasteiger partial charge >= 0.3 is 6.18 Å². The second-order valence-electron chi connectivity index (χ2n) is 2.58. The van der Waals surface area contributed by atoms with Crippen molar-refractivity contribution in [1.29, 1.82) is 0 Å². The maximum absolute atomic E-state index is 11.7. The minimum absolute atomic E-state index is 0.0377. The summed E-state index contributed by atoms with van der Waals surface area (Å²) in [6.07, 6.45) is -4.38. The first-order valence-electron chi connectivity index (χ1n) is 3.77. The van der Waals surface area contributed by atoms with Crippen molar-refractivity contribution in [3.8, 4) is 0 Å². The van der Waals surface area contributed by atoms with Crippen LogP contribution in [0.2, 0.25) is 0 Å². The predicted molar refractivity (Wildman–Crippen MR) is 44.4 cm³/mol.